The fourth-order valence-corrected chi connectivity index (χ4v) is 2.71. The summed E-state index contributed by atoms with van der Waals surface area (Å²) >= 11 is 0. The molecule has 0 unspecified atom stereocenters. The summed E-state index contributed by atoms with van der Waals surface area (Å²) in [6.45, 7) is 5.03. The maximum atomic E-state index is 8.80. The lowest BCUT2D eigenvalue weighted by molar-refractivity contribution is 0.115. The van der Waals surface area contributed by atoms with Crippen LogP contribution < -0.4 is 5.32 Å². The molecular weight excluding hydrogens is 164 g/mol. The Bertz CT molecular complexity index is 163. The van der Waals surface area contributed by atoms with Gasteiger partial charge < -0.3 is 10.4 Å². The van der Waals surface area contributed by atoms with Gasteiger partial charge in [0.15, 0.2) is 0 Å². The highest BCUT2D eigenvalue weighted by molar-refractivity contribution is 4.91. The normalized spacial score (nSPS) is 34.8. The first-order valence-electron chi connectivity index (χ1n) is 5.47. The molecule has 0 bridgehead atoms. The molecule has 0 aromatic carbocycles. The number of hydrogen-bond acceptors (Lipinski definition) is 3. The zero-order valence-electron chi connectivity index (χ0n) is 8.21. The number of hydrogen-bond donors (Lipinski definition) is 2. The monoisotopic (exact) mass is 184 g/mol. The average Bonchev–Trinajstić information content (AvgIpc) is 2.62. The maximum Gasteiger partial charge on any atom is 0.0443 e. The Kier molecular flexibility index (Phi) is 3.19. The minimum Gasteiger partial charge on any atom is -0.396 e. The van der Waals surface area contributed by atoms with Crippen LogP contribution in [0.5, 0.6) is 0 Å². The van der Waals surface area contributed by atoms with Crippen LogP contribution in [0.25, 0.3) is 0 Å². The molecule has 2 aliphatic heterocycles. The number of fused-ring (bicyclic) bond motifs is 1. The van der Waals surface area contributed by atoms with E-state index in [0.29, 0.717) is 6.61 Å². The summed E-state index contributed by atoms with van der Waals surface area (Å²) < 4.78 is 0. The largest absolute Gasteiger partial charge is 0.396 e. The van der Waals surface area contributed by atoms with Crippen molar-refractivity contribution in [3.63, 3.8) is 0 Å². The van der Waals surface area contributed by atoms with Gasteiger partial charge in [0.25, 0.3) is 0 Å². The number of piperidine rings is 1. The summed E-state index contributed by atoms with van der Waals surface area (Å²) in [5.74, 6) is 0.882. The van der Waals surface area contributed by atoms with Crippen molar-refractivity contribution in [2.45, 2.75) is 25.3 Å². The zero-order chi connectivity index (χ0) is 9.10. The van der Waals surface area contributed by atoms with E-state index in [4.69, 9.17) is 5.11 Å². The van der Waals surface area contributed by atoms with Crippen molar-refractivity contribution >= 4 is 0 Å². The molecule has 0 aliphatic carbocycles. The Morgan fingerprint density at radius 1 is 1.38 bits per heavy atom. The lowest BCUT2D eigenvalue weighted by Crippen LogP contribution is -2.45. The molecule has 3 heteroatoms. The van der Waals surface area contributed by atoms with E-state index >= 15 is 0 Å². The van der Waals surface area contributed by atoms with Gasteiger partial charge in [-0.05, 0) is 38.3 Å². The molecule has 2 N–H and O–H groups in total. The molecule has 2 fully saturated rings. The number of aliphatic hydroxyl groups is 1. The molecule has 2 aliphatic rings. The predicted octanol–water partition coefficient (Wildman–Crippen LogP) is 0.0526. The molecule has 2 atom stereocenters. The third kappa shape index (κ3) is 2.03. The van der Waals surface area contributed by atoms with Crippen LogP contribution in [0.4, 0.5) is 0 Å². The number of aliphatic hydroxyl groups excluding tert-OH is 1. The highest BCUT2D eigenvalue weighted by Crippen LogP contribution is 2.26. The van der Waals surface area contributed by atoms with Crippen LogP contribution in [0.2, 0.25) is 0 Å². The van der Waals surface area contributed by atoms with Crippen LogP contribution in [-0.4, -0.2) is 48.8 Å². The van der Waals surface area contributed by atoms with Gasteiger partial charge in [-0.1, -0.05) is 0 Å². The van der Waals surface area contributed by atoms with E-state index in [1.165, 1.54) is 25.9 Å². The smallest absolute Gasteiger partial charge is 0.0443 e. The lowest BCUT2D eigenvalue weighted by atomic mass is 9.92. The second-order valence-electron chi connectivity index (χ2n) is 4.24. The summed E-state index contributed by atoms with van der Waals surface area (Å²) in [4.78, 5) is 2.56. The van der Waals surface area contributed by atoms with Gasteiger partial charge in [0.1, 0.15) is 0 Å². The molecule has 0 spiro atoms. The van der Waals surface area contributed by atoms with Crippen molar-refractivity contribution in [3.05, 3.63) is 0 Å². The molecule has 2 heterocycles. The predicted molar refractivity (Wildman–Crippen MR) is 52.7 cm³/mol. The molecule has 0 aromatic heterocycles. The van der Waals surface area contributed by atoms with E-state index in [1.807, 2.05) is 0 Å². The number of rotatable bonds is 3. The third-order valence-corrected chi connectivity index (χ3v) is 3.40. The number of nitrogens with zero attached hydrogens (tertiary/aromatic N) is 1. The summed E-state index contributed by atoms with van der Waals surface area (Å²) in [6, 6.07) is 0.764. The Hall–Kier alpha value is -0.120. The van der Waals surface area contributed by atoms with Crippen molar-refractivity contribution < 1.29 is 5.11 Å². The number of nitrogens with one attached hydrogen (secondary N) is 1. The Labute approximate surface area is 80.1 Å². The first-order chi connectivity index (χ1) is 6.42. The maximum absolute atomic E-state index is 8.80. The van der Waals surface area contributed by atoms with Gasteiger partial charge in [0, 0.05) is 25.7 Å². The Morgan fingerprint density at radius 2 is 2.31 bits per heavy atom. The second-order valence-corrected chi connectivity index (χ2v) is 4.24. The van der Waals surface area contributed by atoms with Crippen molar-refractivity contribution in [2.75, 3.05) is 32.8 Å². The highest BCUT2D eigenvalue weighted by Gasteiger charge is 2.34. The topological polar surface area (TPSA) is 35.5 Å². The highest BCUT2D eigenvalue weighted by atomic mass is 16.3. The minimum absolute atomic E-state index is 0.335. The summed E-state index contributed by atoms with van der Waals surface area (Å²) in [5, 5.41) is 12.3. The van der Waals surface area contributed by atoms with Crippen LogP contribution in [-0.2, 0) is 0 Å². The van der Waals surface area contributed by atoms with Gasteiger partial charge in [-0.15, -0.1) is 0 Å². The van der Waals surface area contributed by atoms with E-state index in [-0.39, 0.29) is 0 Å². The van der Waals surface area contributed by atoms with Gasteiger partial charge in [0.2, 0.25) is 0 Å². The molecule has 2 rings (SSSR count). The van der Waals surface area contributed by atoms with E-state index < -0.39 is 0 Å². The van der Waals surface area contributed by atoms with Gasteiger partial charge in [-0.25, -0.2) is 0 Å². The van der Waals surface area contributed by atoms with E-state index in [2.05, 4.69) is 10.2 Å². The zero-order valence-corrected chi connectivity index (χ0v) is 8.21. The molecule has 0 aromatic rings. The fourth-order valence-electron chi connectivity index (χ4n) is 2.71. The fraction of sp³-hybridized carbons (Fsp3) is 1.00. The van der Waals surface area contributed by atoms with Crippen LogP contribution in [0.15, 0.2) is 0 Å². The molecule has 13 heavy (non-hydrogen) atoms. The minimum atomic E-state index is 0.335. The molecule has 0 radical (unpaired) electrons. The van der Waals surface area contributed by atoms with E-state index in [1.54, 1.807) is 0 Å². The van der Waals surface area contributed by atoms with Crippen molar-refractivity contribution in [1.82, 2.24) is 10.2 Å². The summed E-state index contributed by atoms with van der Waals surface area (Å²) in [7, 11) is 0. The van der Waals surface area contributed by atoms with Gasteiger partial charge in [-0.2, -0.15) is 0 Å². The van der Waals surface area contributed by atoms with Crippen molar-refractivity contribution in [3.8, 4) is 0 Å². The van der Waals surface area contributed by atoms with Crippen LogP contribution in [0.3, 0.4) is 0 Å². The summed E-state index contributed by atoms with van der Waals surface area (Å²) in [5.41, 5.74) is 0. The molecule has 2 saturated heterocycles. The molecule has 0 amide bonds. The van der Waals surface area contributed by atoms with E-state index in [0.717, 1.165) is 31.5 Å². The van der Waals surface area contributed by atoms with Gasteiger partial charge in [-0.3, -0.25) is 4.90 Å². The average molecular weight is 184 g/mol. The standard InChI is InChI=1S/C10H20N2O/c13-6-2-5-12-4-1-3-9-7-11-8-10(9)12/h9-11,13H,1-8H2/t9-,10+/m1/s1. The Morgan fingerprint density at radius 3 is 3.15 bits per heavy atom. The third-order valence-electron chi connectivity index (χ3n) is 3.40. The van der Waals surface area contributed by atoms with E-state index in [9.17, 15) is 0 Å². The van der Waals surface area contributed by atoms with Crippen LogP contribution >= 0.6 is 0 Å². The molecule has 76 valence electrons. The molecule has 0 saturated carbocycles. The number of likely N-dealkylation sites (tertiary alicyclic amines) is 1. The van der Waals surface area contributed by atoms with Crippen molar-refractivity contribution in [2.24, 2.45) is 5.92 Å². The van der Waals surface area contributed by atoms with Gasteiger partial charge in [0.05, 0.1) is 0 Å². The quantitative estimate of drug-likeness (QED) is 0.651. The van der Waals surface area contributed by atoms with Gasteiger partial charge >= 0.3 is 0 Å². The second kappa shape index (κ2) is 4.40. The Balaban J connectivity index is 1.86. The summed E-state index contributed by atoms with van der Waals surface area (Å²) in [6.07, 6.45) is 3.67. The van der Waals surface area contributed by atoms with Crippen LogP contribution in [0.1, 0.15) is 19.3 Å². The first kappa shape index (κ1) is 9.44. The molecule has 3 nitrogen and oxygen atoms in total. The lowest BCUT2D eigenvalue weighted by Gasteiger charge is -2.36. The SMILES string of the molecule is OCCCN1CCC[C@@H]2CNC[C@@H]21. The van der Waals surface area contributed by atoms with Crippen LogP contribution in [0, 0.1) is 5.92 Å². The molecular formula is C10H20N2O. The first-order valence-corrected chi connectivity index (χ1v) is 5.47. The van der Waals surface area contributed by atoms with Crippen molar-refractivity contribution in [1.29, 1.82) is 0 Å².